The molecule has 0 saturated carbocycles. The lowest BCUT2D eigenvalue weighted by Crippen LogP contribution is -2.47. The van der Waals surface area contributed by atoms with Crippen molar-refractivity contribution < 1.29 is 9.59 Å². The number of carbonyl (C=O) groups excluding carboxylic acids is 2. The molecule has 0 spiro atoms. The molecule has 2 atom stereocenters. The van der Waals surface area contributed by atoms with Gasteiger partial charge in [0.1, 0.15) is 0 Å². The molecule has 2 rings (SSSR count). The van der Waals surface area contributed by atoms with Gasteiger partial charge in [-0.2, -0.15) is 11.8 Å². The summed E-state index contributed by atoms with van der Waals surface area (Å²) >= 11 is 1.97. The van der Waals surface area contributed by atoms with Gasteiger partial charge in [0.25, 0.3) is 0 Å². The van der Waals surface area contributed by atoms with E-state index in [2.05, 4.69) is 12.2 Å². The third-order valence-electron chi connectivity index (χ3n) is 4.82. The molecule has 2 heterocycles. The molecule has 0 aliphatic carbocycles. The van der Waals surface area contributed by atoms with Gasteiger partial charge in [-0.25, -0.2) is 4.79 Å². The zero-order valence-corrected chi connectivity index (χ0v) is 15.4. The lowest BCUT2D eigenvalue weighted by Gasteiger charge is -2.33. The minimum Gasteiger partial charge on any atom is -0.343 e. The molecule has 3 amide bonds. The molecule has 0 unspecified atom stereocenters. The molecule has 5 nitrogen and oxygen atoms in total. The van der Waals surface area contributed by atoms with E-state index in [9.17, 15) is 9.59 Å². The highest BCUT2D eigenvalue weighted by Crippen LogP contribution is 2.22. The van der Waals surface area contributed by atoms with Crippen LogP contribution in [0.25, 0.3) is 0 Å². The van der Waals surface area contributed by atoms with E-state index in [1.54, 1.807) is 6.92 Å². The monoisotopic (exact) mass is 341 g/mol. The van der Waals surface area contributed by atoms with E-state index in [0.29, 0.717) is 17.7 Å². The Labute approximate surface area is 144 Å². The molecular weight excluding hydrogens is 310 g/mol. The third kappa shape index (κ3) is 5.90. The van der Waals surface area contributed by atoms with Crippen molar-refractivity contribution >= 4 is 23.7 Å². The summed E-state index contributed by atoms with van der Waals surface area (Å²) in [5.41, 5.74) is 0. The van der Waals surface area contributed by atoms with Crippen LogP contribution in [0.4, 0.5) is 4.79 Å². The molecular formula is C17H31N3O2S. The number of likely N-dealkylation sites (tertiary alicyclic amines) is 2. The van der Waals surface area contributed by atoms with Crippen molar-refractivity contribution in [3.05, 3.63) is 0 Å². The van der Waals surface area contributed by atoms with Crippen LogP contribution in [0, 0.1) is 5.92 Å². The molecule has 6 heteroatoms. The number of thioether (sulfide) groups is 1. The number of carbonyl (C=O) groups is 2. The number of hydrogen-bond donors (Lipinski definition) is 1. The van der Waals surface area contributed by atoms with Gasteiger partial charge in [-0.3, -0.25) is 4.79 Å². The van der Waals surface area contributed by atoms with Crippen LogP contribution >= 0.6 is 11.8 Å². The number of amides is 3. The number of hydrogen-bond acceptors (Lipinski definition) is 3. The van der Waals surface area contributed by atoms with Gasteiger partial charge < -0.3 is 15.1 Å². The number of nitrogens with one attached hydrogen (secondary N) is 1. The molecule has 23 heavy (non-hydrogen) atoms. The number of piperidine rings is 1. The second-order valence-electron chi connectivity index (χ2n) is 6.68. The summed E-state index contributed by atoms with van der Waals surface area (Å²) < 4.78 is 0. The Hall–Kier alpha value is -0.910. The number of nitrogens with zero attached hydrogens (tertiary/aromatic N) is 2. The van der Waals surface area contributed by atoms with E-state index in [4.69, 9.17) is 0 Å². The number of urea groups is 1. The first-order valence-electron chi connectivity index (χ1n) is 9.00. The van der Waals surface area contributed by atoms with E-state index in [1.807, 2.05) is 21.6 Å². The fourth-order valence-corrected chi connectivity index (χ4v) is 4.61. The van der Waals surface area contributed by atoms with Gasteiger partial charge in [-0.1, -0.05) is 13.3 Å². The first-order valence-corrected chi connectivity index (χ1v) is 10.0. The predicted octanol–water partition coefficient (Wildman–Crippen LogP) is 2.56. The quantitative estimate of drug-likeness (QED) is 0.855. The maximum Gasteiger partial charge on any atom is 0.317 e. The van der Waals surface area contributed by atoms with Crippen LogP contribution in [0.15, 0.2) is 0 Å². The van der Waals surface area contributed by atoms with Crippen LogP contribution in [0.5, 0.6) is 0 Å². The minimum absolute atomic E-state index is 0.0774. The average Bonchev–Trinajstić information content (AvgIpc) is 2.79. The summed E-state index contributed by atoms with van der Waals surface area (Å²) in [7, 11) is 0. The van der Waals surface area contributed by atoms with E-state index in [1.165, 1.54) is 12.8 Å². The molecule has 1 N–H and O–H groups in total. The highest BCUT2D eigenvalue weighted by atomic mass is 32.2. The first kappa shape index (κ1) is 18.4. The number of rotatable bonds is 4. The Balaban J connectivity index is 1.77. The van der Waals surface area contributed by atoms with Gasteiger partial charge in [-0.15, -0.1) is 0 Å². The van der Waals surface area contributed by atoms with Crippen molar-refractivity contribution in [1.82, 2.24) is 15.1 Å². The van der Waals surface area contributed by atoms with Crippen molar-refractivity contribution in [2.75, 3.05) is 38.5 Å². The Morgan fingerprint density at radius 3 is 2.61 bits per heavy atom. The zero-order valence-electron chi connectivity index (χ0n) is 14.6. The summed E-state index contributed by atoms with van der Waals surface area (Å²) in [6.45, 7) is 7.88. The highest BCUT2D eigenvalue weighted by molar-refractivity contribution is 7.99. The minimum atomic E-state index is 0.0774. The van der Waals surface area contributed by atoms with Gasteiger partial charge in [0.05, 0.1) is 0 Å². The van der Waals surface area contributed by atoms with Crippen molar-refractivity contribution in [3.63, 3.8) is 0 Å². The highest BCUT2D eigenvalue weighted by Gasteiger charge is 2.25. The van der Waals surface area contributed by atoms with Crippen LogP contribution in [0.3, 0.4) is 0 Å². The summed E-state index contributed by atoms with van der Waals surface area (Å²) in [6, 6.07) is 0.0774. The van der Waals surface area contributed by atoms with Gasteiger partial charge in [0, 0.05) is 44.9 Å². The van der Waals surface area contributed by atoms with Crippen LogP contribution < -0.4 is 5.32 Å². The van der Waals surface area contributed by atoms with Crippen molar-refractivity contribution in [2.24, 2.45) is 5.92 Å². The third-order valence-corrected chi connectivity index (χ3v) is 6.01. The Bertz CT molecular complexity index is 405. The molecule has 0 aromatic heterocycles. The van der Waals surface area contributed by atoms with Crippen LogP contribution in [-0.4, -0.2) is 65.5 Å². The molecule has 0 bridgehead atoms. The summed E-state index contributed by atoms with van der Waals surface area (Å²) in [5, 5.41) is 3.69. The largest absolute Gasteiger partial charge is 0.343 e. The maximum absolute atomic E-state index is 12.5. The standard InChI is InChI=1S/C17H31N3O2S/c1-3-23-16-8-4-5-9-20(13-16)17(22)18-11-15-7-6-10-19(12-15)14(2)21/h15-16H,3-13H2,1-2H3,(H,18,22)/t15-,16+/m0/s1. The second-order valence-corrected chi connectivity index (χ2v) is 8.26. The van der Waals surface area contributed by atoms with Crippen LogP contribution in [-0.2, 0) is 4.79 Å². The smallest absolute Gasteiger partial charge is 0.317 e. The summed E-state index contributed by atoms with van der Waals surface area (Å²) in [5.74, 6) is 1.65. The Morgan fingerprint density at radius 2 is 1.87 bits per heavy atom. The van der Waals surface area contributed by atoms with Crippen LogP contribution in [0.2, 0.25) is 0 Å². The van der Waals surface area contributed by atoms with E-state index in [0.717, 1.165) is 51.2 Å². The van der Waals surface area contributed by atoms with Gasteiger partial charge >= 0.3 is 6.03 Å². The van der Waals surface area contributed by atoms with Crippen LogP contribution in [0.1, 0.15) is 46.0 Å². The van der Waals surface area contributed by atoms with E-state index >= 15 is 0 Å². The van der Waals surface area contributed by atoms with E-state index in [-0.39, 0.29) is 11.9 Å². The van der Waals surface area contributed by atoms with Gasteiger partial charge in [0.15, 0.2) is 0 Å². The maximum atomic E-state index is 12.5. The zero-order chi connectivity index (χ0) is 16.7. The molecule has 0 aromatic rings. The normalized spacial score (nSPS) is 25.8. The second kappa shape index (κ2) is 9.40. The molecule has 0 radical (unpaired) electrons. The first-order chi connectivity index (χ1) is 11.1. The molecule has 2 aliphatic heterocycles. The fourth-order valence-electron chi connectivity index (χ4n) is 3.52. The molecule has 2 fully saturated rings. The SMILES string of the molecule is CCS[C@@H]1CCCCN(C(=O)NC[C@@H]2CCCN(C(C)=O)C2)C1. The fraction of sp³-hybridized carbons (Fsp3) is 0.882. The predicted molar refractivity (Wildman–Crippen MR) is 95.7 cm³/mol. The summed E-state index contributed by atoms with van der Waals surface area (Å²) in [6.07, 6.45) is 5.68. The average molecular weight is 342 g/mol. The van der Waals surface area contributed by atoms with Gasteiger partial charge in [0.2, 0.25) is 5.91 Å². The Kier molecular flexibility index (Phi) is 7.53. The van der Waals surface area contributed by atoms with Crippen molar-refractivity contribution in [3.8, 4) is 0 Å². The van der Waals surface area contributed by atoms with Crippen molar-refractivity contribution in [1.29, 1.82) is 0 Å². The molecule has 2 saturated heterocycles. The summed E-state index contributed by atoms with van der Waals surface area (Å²) in [4.78, 5) is 27.9. The molecule has 2 aliphatic rings. The lowest BCUT2D eigenvalue weighted by atomic mass is 9.98. The van der Waals surface area contributed by atoms with E-state index < -0.39 is 0 Å². The molecule has 0 aromatic carbocycles. The topological polar surface area (TPSA) is 52.7 Å². The van der Waals surface area contributed by atoms with Gasteiger partial charge in [-0.05, 0) is 37.4 Å². The lowest BCUT2D eigenvalue weighted by molar-refractivity contribution is -0.130. The van der Waals surface area contributed by atoms with Crippen molar-refractivity contribution in [2.45, 2.75) is 51.2 Å². The molecule has 132 valence electrons. The Morgan fingerprint density at radius 1 is 1.09 bits per heavy atom.